The molecule has 1 aromatic carbocycles. The van der Waals surface area contributed by atoms with E-state index in [1.54, 1.807) is 47.3 Å². The maximum atomic E-state index is 13.4. The van der Waals surface area contributed by atoms with E-state index in [1.807, 2.05) is 33.8 Å². The monoisotopic (exact) mass is 518 g/mol. The molecule has 0 aliphatic heterocycles. The van der Waals surface area contributed by atoms with Gasteiger partial charge in [0.05, 0.1) is 16.3 Å². The summed E-state index contributed by atoms with van der Waals surface area (Å²) in [5.74, 6) is -0.131. The van der Waals surface area contributed by atoms with Crippen molar-refractivity contribution in [2.75, 3.05) is 30.4 Å². The van der Waals surface area contributed by atoms with E-state index in [-0.39, 0.29) is 11.6 Å². The quantitative estimate of drug-likeness (QED) is 0.359. The molecule has 0 aliphatic carbocycles. The van der Waals surface area contributed by atoms with Crippen LogP contribution in [0.5, 0.6) is 0 Å². The van der Waals surface area contributed by atoms with Crippen molar-refractivity contribution in [2.45, 2.75) is 27.7 Å². The highest BCUT2D eigenvalue weighted by atomic mass is 79.9. The Bertz CT molecular complexity index is 1060. The minimum absolute atomic E-state index is 0.131. The highest BCUT2D eigenvalue weighted by Gasteiger charge is 2.24. The second kappa shape index (κ2) is 11.3. The topological polar surface area (TPSA) is 65.5 Å². The minimum Gasteiger partial charge on any atom is -0.339 e. The second-order valence-corrected chi connectivity index (χ2v) is 8.71. The van der Waals surface area contributed by atoms with Gasteiger partial charge in [0.15, 0.2) is 5.82 Å². The summed E-state index contributed by atoms with van der Waals surface area (Å²) in [5.41, 5.74) is 2.93. The molecule has 0 saturated heterocycles. The molecule has 1 N–H and O–H groups in total. The van der Waals surface area contributed by atoms with Crippen LogP contribution in [0.3, 0.4) is 0 Å². The van der Waals surface area contributed by atoms with Crippen molar-refractivity contribution in [3.8, 4) is 0 Å². The van der Waals surface area contributed by atoms with Gasteiger partial charge in [0, 0.05) is 30.8 Å². The van der Waals surface area contributed by atoms with Crippen LogP contribution >= 0.6 is 27.5 Å². The number of hydrogen-bond acceptors (Lipinski definition) is 4. The van der Waals surface area contributed by atoms with Gasteiger partial charge in [-0.1, -0.05) is 40.2 Å². The van der Waals surface area contributed by atoms with E-state index in [2.05, 4.69) is 32.8 Å². The molecule has 0 spiro atoms. The van der Waals surface area contributed by atoms with Crippen molar-refractivity contribution in [3.05, 3.63) is 75.0 Å². The summed E-state index contributed by atoms with van der Waals surface area (Å²) in [6.07, 6.45) is 3.18. The maximum Gasteiger partial charge on any atom is 0.272 e. The molecule has 1 aromatic heterocycles. The Morgan fingerprint density at radius 2 is 1.91 bits per heavy atom. The number of likely N-dealkylation sites (N-methyl/N-ethyl adjacent to an activating group) is 1. The Labute approximate surface area is 203 Å². The summed E-state index contributed by atoms with van der Waals surface area (Å²) in [4.78, 5) is 34.2. The van der Waals surface area contributed by atoms with E-state index in [4.69, 9.17) is 11.6 Å². The molecule has 6 nitrogen and oxygen atoms in total. The fourth-order valence-electron chi connectivity index (χ4n) is 3.36. The van der Waals surface area contributed by atoms with Gasteiger partial charge in [0.2, 0.25) is 0 Å². The fourth-order valence-corrected chi connectivity index (χ4v) is 3.83. The molecule has 0 unspecified atom stereocenters. The van der Waals surface area contributed by atoms with Gasteiger partial charge < -0.3 is 15.1 Å². The lowest BCUT2D eigenvalue weighted by atomic mass is 10.0. The molecule has 0 radical (unpaired) electrons. The van der Waals surface area contributed by atoms with Gasteiger partial charge in [-0.25, -0.2) is 4.98 Å². The van der Waals surface area contributed by atoms with Crippen molar-refractivity contribution in [1.29, 1.82) is 0 Å². The Hall–Kier alpha value is -2.64. The lowest BCUT2D eigenvalue weighted by Crippen LogP contribution is -2.33. The van der Waals surface area contributed by atoms with E-state index in [0.717, 1.165) is 11.1 Å². The second-order valence-electron chi connectivity index (χ2n) is 7.28. The number of aryl methyl sites for hydroxylation is 2. The van der Waals surface area contributed by atoms with Crippen molar-refractivity contribution >= 4 is 50.9 Å². The first-order chi connectivity index (χ1) is 15.1. The number of allylic oxidation sites excluding steroid dienone is 2. The fraction of sp³-hybridized carbons (Fsp3) is 0.292. The number of carbonyl (C=O) groups excluding carboxylic acids is 2. The SMILES string of the molecule is C=C(Br)/C=C(/C(=O)Nc1c(C)cc(C)cc1C(=O)N(CC)CC)N(C)c1ncccc1Cl. The number of aromatic nitrogens is 1. The average molecular weight is 520 g/mol. The molecule has 170 valence electrons. The molecule has 8 heteroatoms. The number of hydrogen-bond donors (Lipinski definition) is 1. The largest absolute Gasteiger partial charge is 0.339 e. The summed E-state index contributed by atoms with van der Waals surface area (Å²) in [6, 6.07) is 7.15. The van der Waals surface area contributed by atoms with Crippen LogP contribution in [0.4, 0.5) is 11.5 Å². The van der Waals surface area contributed by atoms with Gasteiger partial charge in [0.25, 0.3) is 11.8 Å². The number of benzene rings is 1. The number of halogens is 2. The number of nitrogens with zero attached hydrogens (tertiary/aromatic N) is 3. The molecule has 2 rings (SSSR count). The first-order valence-electron chi connectivity index (χ1n) is 10.2. The van der Waals surface area contributed by atoms with Crippen LogP contribution in [0.25, 0.3) is 0 Å². The predicted molar refractivity (Wildman–Crippen MR) is 136 cm³/mol. The van der Waals surface area contributed by atoms with Crippen LogP contribution in [-0.2, 0) is 4.79 Å². The zero-order valence-electron chi connectivity index (χ0n) is 19.0. The van der Waals surface area contributed by atoms with Crippen LogP contribution in [0.15, 0.2) is 53.3 Å². The normalized spacial score (nSPS) is 11.2. The predicted octanol–water partition coefficient (Wildman–Crippen LogP) is 5.70. The molecule has 32 heavy (non-hydrogen) atoms. The number of anilines is 2. The molecule has 0 bridgehead atoms. The van der Waals surface area contributed by atoms with Crippen molar-refractivity contribution < 1.29 is 9.59 Å². The Morgan fingerprint density at radius 3 is 2.47 bits per heavy atom. The van der Waals surface area contributed by atoms with Crippen molar-refractivity contribution in [1.82, 2.24) is 9.88 Å². The molecule has 0 fully saturated rings. The van der Waals surface area contributed by atoms with E-state index in [0.29, 0.717) is 39.7 Å². The summed E-state index contributed by atoms with van der Waals surface area (Å²) in [7, 11) is 1.69. The average Bonchev–Trinajstić information content (AvgIpc) is 2.74. The molecule has 0 aliphatic rings. The Balaban J connectivity index is 2.52. The number of rotatable bonds is 8. The van der Waals surface area contributed by atoms with Crippen LogP contribution in [0.2, 0.25) is 5.02 Å². The van der Waals surface area contributed by atoms with E-state index < -0.39 is 5.91 Å². The Kier molecular flexibility index (Phi) is 9.04. The summed E-state index contributed by atoms with van der Waals surface area (Å²) in [6.45, 7) is 12.6. The maximum absolute atomic E-state index is 13.4. The van der Waals surface area contributed by atoms with Gasteiger partial charge in [-0.3, -0.25) is 9.59 Å². The third-order valence-electron chi connectivity index (χ3n) is 4.94. The third kappa shape index (κ3) is 5.99. The van der Waals surface area contributed by atoms with Crippen LogP contribution in [0.1, 0.15) is 35.3 Å². The van der Waals surface area contributed by atoms with E-state index >= 15 is 0 Å². The molecule has 0 atom stereocenters. The van der Waals surface area contributed by atoms with E-state index in [1.165, 1.54) is 0 Å². The Morgan fingerprint density at radius 1 is 1.25 bits per heavy atom. The van der Waals surface area contributed by atoms with Gasteiger partial charge >= 0.3 is 0 Å². The first kappa shape index (κ1) is 25.6. The molecule has 0 saturated carbocycles. The lowest BCUT2D eigenvalue weighted by molar-refractivity contribution is -0.112. The molecular weight excluding hydrogens is 492 g/mol. The summed E-state index contributed by atoms with van der Waals surface area (Å²) < 4.78 is 0.502. The molecule has 2 aromatic rings. The van der Waals surface area contributed by atoms with Crippen molar-refractivity contribution in [2.24, 2.45) is 0 Å². The number of nitrogens with one attached hydrogen (secondary N) is 1. The van der Waals surface area contributed by atoms with Gasteiger partial charge in [-0.2, -0.15) is 0 Å². The van der Waals surface area contributed by atoms with Gasteiger partial charge in [0.1, 0.15) is 5.70 Å². The van der Waals surface area contributed by atoms with Crippen molar-refractivity contribution in [3.63, 3.8) is 0 Å². The summed E-state index contributed by atoms with van der Waals surface area (Å²) in [5, 5.41) is 3.34. The lowest BCUT2D eigenvalue weighted by Gasteiger charge is -2.25. The molecular formula is C24H28BrClN4O2. The number of amides is 2. The van der Waals surface area contributed by atoms with Crippen LogP contribution in [-0.4, -0.2) is 41.8 Å². The molecule has 2 amide bonds. The van der Waals surface area contributed by atoms with Crippen LogP contribution < -0.4 is 10.2 Å². The minimum atomic E-state index is -0.421. The third-order valence-corrected chi connectivity index (χ3v) is 5.47. The number of pyridine rings is 1. The first-order valence-corrected chi connectivity index (χ1v) is 11.4. The standard InChI is InChI=1S/C24H28BrClN4O2/c1-7-30(8-2)24(32)18-13-15(3)12-16(4)21(18)28-23(31)20(14-17(5)25)29(6)22-19(26)10-9-11-27-22/h9-14H,5,7-8H2,1-4,6H3,(H,28,31)/b20-14-. The smallest absolute Gasteiger partial charge is 0.272 e. The van der Waals surface area contributed by atoms with Gasteiger partial charge in [-0.05, 0) is 63.1 Å². The summed E-state index contributed by atoms with van der Waals surface area (Å²) >= 11 is 9.59. The number of carbonyl (C=O) groups is 2. The van der Waals surface area contributed by atoms with Gasteiger partial charge in [-0.15, -0.1) is 0 Å². The zero-order chi connectivity index (χ0) is 24.0. The molecule has 1 heterocycles. The zero-order valence-corrected chi connectivity index (χ0v) is 21.3. The van der Waals surface area contributed by atoms with E-state index in [9.17, 15) is 9.59 Å². The van der Waals surface area contributed by atoms with Crippen LogP contribution in [0, 0.1) is 13.8 Å². The highest BCUT2D eigenvalue weighted by molar-refractivity contribution is 9.11. The highest BCUT2D eigenvalue weighted by Crippen LogP contribution is 2.28.